The van der Waals surface area contributed by atoms with Crippen LogP contribution < -0.4 is 11.1 Å². The quantitative estimate of drug-likeness (QED) is 0.808. The van der Waals surface area contributed by atoms with E-state index in [-0.39, 0.29) is 0 Å². The number of methoxy groups -OCH3 is 1. The standard InChI is InChI=1S/C14H13FN2O2.C5H11N/c1-19-14(18)17-13-6-5-10(15)8-12(13)9-3-2-4-11(16)7-9;1-6-4-2-3-5-6/h2-8H,16H2,1H3,(H,17,18);2-5H2,1H3. The number of nitrogens with two attached hydrogens (primary N) is 1. The number of carbonyl (C=O) groups is 1. The Labute approximate surface area is 147 Å². The highest BCUT2D eigenvalue weighted by atomic mass is 19.1. The molecule has 3 N–H and O–H groups in total. The predicted octanol–water partition coefficient (Wildman–Crippen LogP) is 3.97. The zero-order chi connectivity index (χ0) is 18.2. The Balaban J connectivity index is 0.000000316. The van der Waals surface area contributed by atoms with Crippen LogP contribution in [0.2, 0.25) is 0 Å². The van der Waals surface area contributed by atoms with Gasteiger partial charge in [0.15, 0.2) is 0 Å². The molecule has 0 radical (unpaired) electrons. The number of likely N-dealkylation sites (tertiary alicyclic amines) is 1. The van der Waals surface area contributed by atoms with Crippen LogP contribution in [0.25, 0.3) is 11.1 Å². The Morgan fingerprint density at radius 3 is 2.48 bits per heavy atom. The van der Waals surface area contributed by atoms with Crippen LogP contribution in [0.15, 0.2) is 42.5 Å². The molecule has 1 aliphatic rings. The van der Waals surface area contributed by atoms with Crippen molar-refractivity contribution in [3.8, 4) is 11.1 Å². The first-order chi connectivity index (χ1) is 12.0. The second-order valence-corrected chi connectivity index (χ2v) is 5.94. The number of hydrogen-bond donors (Lipinski definition) is 2. The summed E-state index contributed by atoms with van der Waals surface area (Å²) in [5.41, 5.74) is 7.98. The first kappa shape index (κ1) is 18.7. The summed E-state index contributed by atoms with van der Waals surface area (Å²) in [5, 5.41) is 2.54. The maximum Gasteiger partial charge on any atom is 0.411 e. The number of rotatable bonds is 2. The van der Waals surface area contributed by atoms with Crippen LogP contribution in [-0.2, 0) is 4.74 Å². The van der Waals surface area contributed by atoms with E-state index < -0.39 is 11.9 Å². The van der Waals surface area contributed by atoms with Crippen molar-refractivity contribution in [2.75, 3.05) is 38.3 Å². The van der Waals surface area contributed by atoms with Crippen molar-refractivity contribution in [3.05, 3.63) is 48.3 Å². The maximum absolute atomic E-state index is 13.4. The highest BCUT2D eigenvalue weighted by Gasteiger charge is 2.10. The van der Waals surface area contributed by atoms with Crippen LogP contribution in [0.3, 0.4) is 0 Å². The molecule has 3 rings (SSSR count). The third-order valence-electron chi connectivity index (χ3n) is 3.93. The summed E-state index contributed by atoms with van der Waals surface area (Å²) in [5.74, 6) is -0.396. The topological polar surface area (TPSA) is 67.6 Å². The number of nitrogens with one attached hydrogen (secondary N) is 1. The van der Waals surface area contributed by atoms with Crippen LogP contribution >= 0.6 is 0 Å². The Morgan fingerprint density at radius 2 is 1.92 bits per heavy atom. The van der Waals surface area contributed by atoms with Crippen molar-refractivity contribution < 1.29 is 13.9 Å². The summed E-state index contributed by atoms with van der Waals surface area (Å²) >= 11 is 0. The number of hydrogen-bond acceptors (Lipinski definition) is 4. The number of amides is 1. The molecule has 0 aromatic heterocycles. The van der Waals surface area contributed by atoms with Gasteiger partial charge in [0.05, 0.1) is 12.8 Å². The lowest BCUT2D eigenvalue weighted by molar-refractivity contribution is 0.187. The molecule has 0 atom stereocenters. The molecule has 25 heavy (non-hydrogen) atoms. The molecule has 1 aliphatic heterocycles. The summed E-state index contributed by atoms with van der Waals surface area (Å²) in [6.07, 6.45) is 2.21. The SMILES string of the molecule is CN1CCCC1.COC(=O)Nc1ccc(F)cc1-c1cccc(N)c1. The van der Waals surface area contributed by atoms with Crippen LogP contribution in [0, 0.1) is 5.82 Å². The molecule has 134 valence electrons. The van der Waals surface area contributed by atoms with Gasteiger partial charge in [0.2, 0.25) is 0 Å². The minimum atomic E-state index is -0.614. The van der Waals surface area contributed by atoms with Crippen molar-refractivity contribution in [2.24, 2.45) is 0 Å². The highest BCUT2D eigenvalue weighted by molar-refractivity contribution is 5.91. The molecule has 1 saturated heterocycles. The number of nitrogens with zero attached hydrogens (tertiary/aromatic N) is 1. The first-order valence-electron chi connectivity index (χ1n) is 8.18. The largest absolute Gasteiger partial charge is 0.453 e. The van der Waals surface area contributed by atoms with Crippen molar-refractivity contribution >= 4 is 17.5 Å². The molecule has 6 heteroatoms. The van der Waals surface area contributed by atoms with E-state index in [0.29, 0.717) is 22.5 Å². The molecule has 0 aliphatic carbocycles. The lowest BCUT2D eigenvalue weighted by atomic mass is 10.0. The molecule has 1 amide bonds. The fraction of sp³-hybridized carbons (Fsp3) is 0.316. The third kappa shape index (κ3) is 5.76. The Hall–Kier alpha value is -2.60. The van der Waals surface area contributed by atoms with E-state index in [1.54, 1.807) is 24.3 Å². The summed E-state index contributed by atoms with van der Waals surface area (Å²) in [6.45, 7) is 2.64. The van der Waals surface area contributed by atoms with Crippen LogP contribution in [0.1, 0.15) is 12.8 Å². The Bertz CT molecular complexity index is 716. The maximum atomic E-state index is 13.4. The summed E-state index contributed by atoms with van der Waals surface area (Å²) in [7, 11) is 3.44. The first-order valence-corrected chi connectivity index (χ1v) is 8.18. The van der Waals surface area contributed by atoms with Gasteiger partial charge in [-0.1, -0.05) is 12.1 Å². The molecule has 1 fully saturated rings. The Kier molecular flexibility index (Phi) is 6.77. The summed E-state index contributed by atoms with van der Waals surface area (Å²) in [4.78, 5) is 13.6. The summed E-state index contributed by atoms with van der Waals surface area (Å²) < 4.78 is 17.9. The van der Waals surface area contributed by atoms with Gasteiger partial charge in [-0.15, -0.1) is 0 Å². The van der Waals surface area contributed by atoms with E-state index >= 15 is 0 Å². The molecule has 0 spiro atoms. The van der Waals surface area contributed by atoms with Gasteiger partial charge in [-0.2, -0.15) is 0 Å². The van der Waals surface area contributed by atoms with Gasteiger partial charge >= 0.3 is 6.09 Å². The van der Waals surface area contributed by atoms with Crippen molar-refractivity contribution in [1.82, 2.24) is 4.90 Å². The number of ether oxygens (including phenoxy) is 1. The van der Waals surface area contributed by atoms with E-state index in [2.05, 4.69) is 22.0 Å². The van der Waals surface area contributed by atoms with Gasteiger partial charge < -0.3 is 15.4 Å². The van der Waals surface area contributed by atoms with Gasteiger partial charge in [-0.3, -0.25) is 5.32 Å². The molecule has 1 heterocycles. The lowest BCUT2D eigenvalue weighted by Gasteiger charge is -2.11. The smallest absolute Gasteiger partial charge is 0.411 e. The van der Waals surface area contributed by atoms with E-state index in [9.17, 15) is 9.18 Å². The third-order valence-corrected chi connectivity index (χ3v) is 3.93. The van der Waals surface area contributed by atoms with Gasteiger partial charge in [-0.25, -0.2) is 9.18 Å². The number of benzene rings is 2. The van der Waals surface area contributed by atoms with E-state index in [1.165, 1.54) is 51.2 Å². The van der Waals surface area contributed by atoms with E-state index in [4.69, 9.17) is 5.73 Å². The molecular weight excluding hydrogens is 321 g/mol. The predicted molar refractivity (Wildman–Crippen MR) is 99.0 cm³/mol. The van der Waals surface area contributed by atoms with Crippen LogP contribution in [0.4, 0.5) is 20.6 Å². The minimum absolute atomic E-state index is 0.396. The Morgan fingerprint density at radius 1 is 1.20 bits per heavy atom. The van der Waals surface area contributed by atoms with Gasteiger partial charge in [0, 0.05) is 11.3 Å². The molecule has 0 saturated carbocycles. The van der Waals surface area contributed by atoms with Crippen LogP contribution in [-0.4, -0.2) is 38.2 Å². The number of anilines is 2. The minimum Gasteiger partial charge on any atom is -0.453 e. The summed E-state index contributed by atoms with van der Waals surface area (Å²) in [6, 6.07) is 11.1. The number of carbonyl (C=O) groups excluding carboxylic acids is 1. The van der Waals surface area contributed by atoms with E-state index in [0.717, 1.165) is 0 Å². The zero-order valence-corrected chi connectivity index (χ0v) is 14.6. The second-order valence-electron chi connectivity index (χ2n) is 5.94. The van der Waals surface area contributed by atoms with E-state index in [1.807, 2.05) is 0 Å². The van der Waals surface area contributed by atoms with Crippen molar-refractivity contribution in [2.45, 2.75) is 12.8 Å². The van der Waals surface area contributed by atoms with Gasteiger partial charge in [0.25, 0.3) is 0 Å². The molecule has 2 aromatic carbocycles. The fourth-order valence-corrected chi connectivity index (χ4v) is 2.61. The highest BCUT2D eigenvalue weighted by Crippen LogP contribution is 2.30. The van der Waals surface area contributed by atoms with Gasteiger partial charge in [0.1, 0.15) is 5.82 Å². The zero-order valence-electron chi connectivity index (χ0n) is 14.6. The number of halogens is 1. The average molecular weight is 345 g/mol. The normalized spacial score (nSPS) is 13.7. The second kappa shape index (κ2) is 9.03. The number of nitrogen functional groups attached to an aromatic ring is 1. The fourth-order valence-electron chi connectivity index (χ4n) is 2.61. The molecule has 0 bridgehead atoms. The van der Waals surface area contributed by atoms with Gasteiger partial charge in [-0.05, 0) is 68.9 Å². The van der Waals surface area contributed by atoms with Crippen LogP contribution in [0.5, 0.6) is 0 Å². The molecular formula is C19H24FN3O2. The van der Waals surface area contributed by atoms with Crippen molar-refractivity contribution in [1.29, 1.82) is 0 Å². The average Bonchev–Trinajstić information content (AvgIpc) is 3.08. The lowest BCUT2D eigenvalue weighted by Crippen LogP contribution is -2.11. The van der Waals surface area contributed by atoms with Crippen molar-refractivity contribution in [3.63, 3.8) is 0 Å². The monoisotopic (exact) mass is 345 g/mol. The molecule has 5 nitrogen and oxygen atoms in total. The molecule has 2 aromatic rings. The molecule has 0 unspecified atom stereocenters.